The molecule has 1 heterocycles. The number of hydrogen-bond acceptors (Lipinski definition) is 2. The monoisotopic (exact) mass is 334 g/mol. The van der Waals surface area contributed by atoms with Crippen LogP contribution in [0, 0.1) is 0 Å². The van der Waals surface area contributed by atoms with E-state index < -0.39 is 11.7 Å². The van der Waals surface area contributed by atoms with E-state index in [1.165, 1.54) is 12.1 Å². The van der Waals surface area contributed by atoms with Crippen molar-refractivity contribution < 1.29 is 18.0 Å². The molecule has 0 unspecified atom stereocenters. The van der Waals surface area contributed by atoms with E-state index >= 15 is 0 Å². The predicted molar refractivity (Wildman–Crippen MR) is 85.4 cm³/mol. The van der Waals surface area contributed by atoms with E-state index in [2.05, 4.69) is 0 Å². The van der Waals surface area contributed by atoms with Gasteiger partial charge in [0, 0.05) is 24.7 Å². The molecule has 2 N–H and O–H groups in total. The number of likely N-dealkylation sites (tertiary alicyclic amines) is 1. The molecular formula is C18H17F3N2O. The molecule has 24 heavy (non-hydrogen) atoms. The van der Waals surface area contributed by atoms with Crippen LogP contribution in [0.4, 0.5) is 13.2 Å². The van der Waals surface area contributed by atoms with Gasteiger partial charge >= 0.3 is 6.18 Å². The number of carbonyl (C=O) groups excluding carboxylic acids is 1. The second kappa shape index (κ2) is 6.28. The van der Waals surface area contributed by atoms with Gasteiger partial charge in [0.15, 0.2) is 0 Å². The number of benzene rings is 2. The van der Waals surface area contributed by atoms with Crippen molar-refractivity contribution in [2.45, 2.75) is 18.6 Å². The summed E-state index contributed by atoms with van der Waals surface area (Å²) in [7, 11) is 0. The Bertz CT molecular complexity index is 741. The van der Waals surface area contributed by atoms with Crippen LogP contribution in [0.2, 0.25) is 0 Å². The van der Waals surface area contributed by atoms with Crippen LogP contribution in [0.3, 0.4) is 0 Å². The van der Waals surface area contributed by atoms with E-state index in [1.54, 1.807) is 29.2 Å². The number of rotatable bonds is 2. The molecule has 1 amide bonds. The molecule has 1 aliphatic rings. The smallest absolute Gasteiger partial charge is 0.337 e. The molecule has 1 saturated heterocycles. The highest BCUT2D eigenvalue weighted by molar-refractivity contribution is 6.01. The zero-order chi connectivity index (χ0) is 17.3. The lowest BCUT2D eigenvalue weighted by Gasteiger charge is -2.18. The minimum absolute atomic E-state index is 0.0211. The largest absolute Gasteiger partial charge is 0.416 e. The first-order valence-electron chi connectivity index (χ1n) is 7.68. The first-order chi connectivity index (χ1) is 11.4. The molecule has 0 aromatic heterocycles. The van der Waals surface area contributed by atoms with Crippen molar-refractivity contribution in [3.8, 4) is 11.1 Å². The standard InChI is InChI=1S/C18H17F3N2O/c19-18(20,21)13-7-5-12(6-8-13)15-3-1-2-4-16(15)17(24)23-10-9-14(22)11-23/h1-8,14H,9-11,22H2/t14-/m1/s1. The van der Waals surface area contributed by atoms with Crippen LogP contribution in [-0.2, 0) is 6.18 Å². The molecule has 0 radical (unpaired) electrons. The van der Waals surface area contributed by atoms with Gasteiger partial charge in [-0.3, -0.25) is 4.79 Å². The molecule has 2 aromatic carbocycles. The molecule has 6 heteroatoms. The highest BCUT2D eigenvalue weighted by Gasteiger charge is 2.30. The lowest BCUT2D eigenvalue weighted by atomic mass is 9.98. The van der Waals surface area contributed by atoms with Crippen LogP contribution in [0.1, 0.15) is 22.3 Å². The minimum Gasteiger partial charge on any atom is -0.337 e. The molecule has 0 bridgehead atoms. The quantitative estimate of drug-likeness (QED) is 0.913. The van der Waals surface area contributed by atoms with Crippen LogP contribution in [0.15, 0.2) is 48.5 Å². The molecular weight excluding hydrogens is 317 g/mol. The number of hydrogen-bond donors (Lipinski definition) is 1. The summed E-state index contributed by atoms with van der Waals surface area (Å²) in [6.45, 7) is 1.10. The van der Waals surface area contributed by atoms with Crippen LogP contribution < -0.4 is 5.73 Å². The van der Waals surface area contributed by atoms with Crippen LogP contribution in [0.25, 0.3) is 11.1 Å². The van der Waals surface area contributed by atoms with Gasteiger partial charge in [0.2, 0.25) is 0 Å². The summed E-state index contributed by atoms with van der Waals surface area (Å²) in [4.78, 5) is 14.4. The Labute approximate surface area is 137 Å². The van der Waals surface area contributed by atoms with Gasteiger partial charge in [-0.15, -0.1) is 0 Å². The minimum atomic E-state index is -4.38. The maximum atomic E-state index is 12.7. The van der Waals surface area contributed by atoms with Crippen molar-refractivity contribution in [2.75, 3.05) is 13.1 Å². The first-order valence-corrected chi connectivity index (χ1v) is 7.68. The van der Waals surface area contributed by atoms with Gasteiger partial charge in [0.1, 0.15) is 0 Å². The topological polar surface area (TPSA) is 46.3 Å². The number of nitrogens with two attached hydrogens (primary N) is 1. The summed E-state index contributed by atoms with van der Waals surface area (Å²) in [6, 6.07) is 11.8. The molecule has 0 spiro atoms. The number of carbonyl (C=O) groups is 1. The van der Waals surface area contributed by atoms with Crippen LogP contribution in [0.5, 0.6) is 0 Å². The van der Waals surface area contributed by atoms with Crippen molar-refractivity contribution in [3.05, 3.63) is 59.7 Å². The van der Waals surface area contributed by atoms with Crippen LogP contribution >= 0.6 is 0 Å². The van der Waals surface area contributed by atoms with E-state index in [0.29, 0.717) is 29.8 Å². The Morgan fingerprint density at radius 1 is 1.08 bits per heavy atom. The maximum Gasteiger partial charge on any atom is 0.416 e. The second-order valence-electron chi connectivity index (χ2n) is 5.92. The van der Waals surface area contributed by atoms with Gasteiger partial charge in [-0.1, -0.05) is 30.3 Å². The molecule has 3 rings (SSSR count). The Hall–Kier alpha value is -2.34. The van der Waals surface area contributed by atoms with Gasteiger partial charge in [-0.25, -0.2) is 0 Å². The highest BCUT2D eigenvalue weighted by atomic mass is 19.4. The Balaban J connectivity index is 1.93. The molecule has 126 valence electrons. The lowest BCUT2D eigenvalue weighted by molar-refractivity contribution is -0.137. The third-order valence-corrected chi connectivity index (χ3v) is 4.19. The average molecular weight is 334 g/mol. The summed E-state index contributed by atoms with van der Waals surface area (Å²) < 4.78 is 38.1. The normalized spacial score (nSPS) is 18.0. The van der Waals surface area contributed by atoms with E-state index in [4.69, 9.17) is 5.73 Å². The van der Waals surface area contributed by atoms with Crippen molar-refractivity contribution >= 4 is 5.91 Å². The van der Waals surface area contributed by atoms with E-state index in [1.807, 2.05) is 0 Å². The SMILES string of the molecule is N[C@@H]1CCN(C(=O)c2ccccc2-c2ccc(C(F)(F)F)cc2)C1. The fourth-order valence-electron chi connectivity index (χ4n) is 2.90. The molecule has 1 aliphatic heterocycles. The Morgan fingerprint density at radius 2 is 1.75 bits per heavy atom. The number of amides is 1. The molecule has 1 atom stereocenters. The second-order valence-corrected chi connectivity index (χ2v) is 5.92. The molecule has 2 aromatic rings. The van der Waals surface area contributed by atoms with Gasteiger partial charge in [-0.2, -0.15) is 13.2 Å². The third kappa shape index (κ3) is 3.28. The summed E-state index contributed by atoms with van der Waals surface area (Å²) in [5.74, 6) is -0.140. The number of nitrogens with zero attached hydrogens (tertiary/aromatic N) is 1. The molecule has 0 saturated carbocycles. The van der Waals surface area contributed by atoms with E-state index in [0.717, 1.165) is 18.6 Å². The fourth-order valence-corrected chi connectivity index (χ4v) is 2.90. The third-order valence-electron chi connectivity index (χ3n) is 4.19. The van der Waals surface area contributed by atoms with E-state index in [-0.39, 0.29) is 11.9 Å². The Kier molecular flexibility index (Phi) is 4.32. The lowest BCUT2D eigenvalue weighted by Crippen LogP contribution is -2.32. The van der Waals surface area contributed by atoms with Crippen molar-refractivity contribution in [1.82, 2.24) is 4.90 Å². The van der Waals surface area contributed by atoms with Crippen molar-refractivity contribution in [1.29, 1.82) is 0 Å². The maximum absolute atomic E-state index is 12.7. The summed E-state index contributed by atoms with van der Waals surface area (Å²) in [5.41, 5.74) is 6.82. The summed E-state index contributed by atoms with van der Waals surface area (Å²) in [6.07, 6.45) is -3.62. The zero-order valence-corrected chi connectivity index (χ0v) is 12.9. The van der Waals surface area contributed by atoms with Gasteiger partial charge in [0.25, 0.3) is 5.91 Å². The highest BCUT2D eigenvalue weighted by Crippen LogP contribution is 2.32. The molecule has 3 nitrogen and oxygen atoms in total. The van der Waals surface area contributed by atoms with Gasteiger partial charge in [0.05, 0.1) is 5.56 Å². The first kappa shape index (κ1) is 16.5. The summed E-state index contributed by atoms with van der Waals surface area (Å²) >= 11 is 0. The molecule has 1 fully saturated rings. The zero-order valence-electron chi connectivity index (χ0n) is 12.9. The van der Waals surface area contributed by atoms with Gasteiger partial charge < -0.3 is 10.6 Å². The van der Waals surface area contributed by atoms with Gasteiger partial charge in [-0.05, 0) is 35.7 Å². The Morgan fingerprint density at radius 3 is 2.33 bits per heavy atom. The average Bonchev–Trinajstić information content (AvgIpc) is 3.00. The number of halogens is 3. The van der Waals surface area contributed by atoms with Crippen LogP contribution in [-0.4, -0.2) is 29.9 Å². The summed E-state index contributed by atoms with van der Waals surface area (Å²) in [5, 5.41) is 0. The predicted octanol–water partition coefficient (Wildman–Crippen LogP) is 3.55. The molecule has 0 aliphatic carbocycles. The van der Waals surface area contributed by atoms with Crippen molar-refractivity contribution in [2.24, 2.45) is 5.73 Å². The van der Waals surface area contributed by atoms with Crippen molar-refractivity contribution in [3.63, 3.8) is 0 Å². The van der Waals surface area contributed by atoms with E-state index in [9.17, 15) is 18.0 Å². The fraction of sp³-hybridized carbons (Fsp3) is 0.278. The number of alkyl halides is 3.